The average Bonchev–Trinajstić information content (AvgIpc) is 2.93. The zero-order chi connectivity index (χ0) is 26.0. The predicted octanol–water partition coefficient (Wildman–Crippen LogP) is 3.10. The third-order valence-corrected chi connectivity index (χ3v) is 10.2. The number of anilines is 2. The van der Waals surface area contributed by atoms with E-state index >= 15 is 0 Å². The van der Waals surface area contributed by atoms with Gasteiger partial charge in [0.25, 0.3) is 15.9 Å². The van der Waals surface area contributed by atoms with Gasteiger partial charge in [-0.25, -0.2) is 16.8 Å². The number of carbonyl (C=O) groups is 1. The van der Waals surface area contributed by atoms with Crippen molar-refractivity contribution in [1.82, 2.24) is 4.31 Å². The minimum Gasteiger partial charge on any atom is -0.379 e. The molecule has 11 heteroatoms. The van der Waals surface area contributed by atoms with E-state index in [1.165, 1.54) is 32.9 Å². The summed E-state index contributed by atoms with van der Waals surface area (Å²) < 4.78 is 60.3. The quantitative estimate of drug-likeness (QED) is 0.513. The van der Waals surface area contributed by atoms with Gasteiger partial charge in [-0.2, -0.15) is 4.31 Å². The molecule has 0 unspecified atom stereocenters. The summed E-state index contributed by atoms with van der Waals surface area (Å²) in [5, 5.41) is 2.80. The maximum Gasteiger partial charge on any atom is 0.264 e. The van der Waals surface area contributed by atoms with Crippen LogP contribution in [0.15, 0.2) is 82.6 Å². The molecule has 194 valence electrons. The van der Waals surface area contributed by atoms with Crippen LogP contribution in [0.2, 0.25) is 0 Å². The van der Waals surface area contributed by atoms with Gasteiger partial charge < -0.3 is 10.1 Å². The molecule has 1 N–H and O–H groups in total. The van der Waals surface area contributed by atoms with E-state index in [1.54, 1.807) is 42.5 Å². The number of nitrogens with zero attached hydrogens (tertiary/aromatic N) is 2. The van der Waals surface area contributed by atoms with Crippen LogP contribution in [0.1, 0.15) is 22.3 Å². The van der Waals surface area contributed by atoms with Crippen molar-refractivity contribution in [3.8, 4) is 0 Å². The number of nitrogens with one attached hydrogen (secondary N) is 1. The van der Waals surface area contributed by atoms with Crippen LogP contribution in [-0.2, 0) is 31.2 Å². The second-order valence-corrected chi connectivity index (χ2v) is 12.6. The maximum absolute atomic E-state index is 13.3. The number of rotatable bonds is 6. The molecule has 1 fully saturated rings. The molecule has 0 atom stereocenters. The first-order valence-corrected chi connectivity index (χ1v) is 14.8. The van der Waals surface area contributed by atoms with E-state index in [1.807, 2.05) is 6.07 Å². The Morgan fingerprint density at radius 1 is 0.784 bits per heavy atom. The number of amides is 1. The van der Waals surface area contributed by atoms with Gasteiger partial charge in [0.1, 0.15) is 0 Å². The monoisotopic (exact) mass is 541 g/mol. The Bertz CT molecular complexity index is 1500. The van der Waals surface area contributed by atoms with Crippen molar-refractivity contribution in [3.63, 3.8) is 0 Å². The molecule has 0 spiro atoms. The van der Waals surface area contributed by atoms with E-state index in [9.17, 15) is 21.6 Å². The molecule has 3 aromatic carbocycles. The number of sulfonamides is 2. The van der Waals surface area contributed by atoms with Crippen molar-refractivity contribution in [1.29, 1.82) is 0 Å². The van der Waals surface area contributed by atoms with Crippen molar-refractivity contribution >= 4 is 37.3 Å². The number of benzene rings is 3. The summed E-state index contributed by atoms with van der Waals surface area (Å²) in [6.07, 6.45) is 1.44. The summed E-state index contributed by atoms with van der Waals surface area (Å²) in [5.41, 5.74) is 2.16. The Hall–Kier alpha value is -3.25. The van der Waals surface area contributed by atoms with Gasteiger partial charge in [-0.3, -0.25) is 9.10 Å². The number of carbonyl (C=O) groups excluding carboxylic acids is 1. The minimum absolute atomic E-state index is 0.112. The first kappa shape index (κ1) is 25.4. The van der Waals surface area contributed by atoms with Gasteiger partial charge in [-0.1, -0.05) is 24.3 Å². The molecule has 0 radical (unpaired) electrons. The normalized spacial score (nSPS) is 16.7. The molecule has 0 aromatic heterocycles. The van der Waals surface area contributed by atoms with Gasteiger partial charge in [0.2, 0.25) is 10.0 Å². The van der Waals surface area contributed by atoms with E-state index in [4.69, 9.17) is 4.74 Å². The summed E-state index contributed by atoms with van der Waals surface area (Å²) in [7, 11) is -7.41. The number of fused-ring (bicyclic) bond motifs is 1. The standard InChI is InChI=1S/C26H27N3O6S2/c30-26(21-9-12-24(13-10-21)36(31,32)28-15-17-35-18-16-28)27-22-11-8-20-5-4-14-29(25(20)19-22)37(33,34)23-6-2-1-3-7-23/h1-3,6-13,19H,4-5,14-18H2,(H,27,30). The third-order valence-electron chi connectivity index (χ3n) is 6.47. The second-order valence-electron chi connectivity index (χ2n) is 8.83. The molecule has 2 aliphatic rings. The fraction of sp³-hybridized carbons (Fsp3) is 0.269. The van der Waals surface area contributed by atoms with Crippen molar-refractivity contribution in [3.05, 3.63) is 83.9 Å². The van der Waals surface area contributed by atoms with Crippen LogP contribution in [0, 0.1) is 0 Å². The summed E-state index contributed by atoms with van der Waals surface area (Å²) in [5.74, 6) is -0.427. The molecule has 0 saturated carbocycles. The number of aryl methyl sites for hydroxylation is 1. The van der Waals surface area contributed by atoms with E-state index < -0.39 is 26.0 Å². The Labute approximate surface area is 216 Å². The van der Waals surface area contributed by atoms with Crippen LogP contribution in [0.25, 0.3) is 0 Å². The summed E-state index contributed by atoms with van der Waals surface area (Å²) in [4.78, 5) is 13.3. The van der Waals surface area contributed by atoms with Crippen LogP contribution < -0.4 is 9.62 Å². The first-order valence-electron chi connectivity index (χ1n) is 12.0. The Morgan fingerprint density at radius 3 is 2.16 bits per heavy atom. The third kappa shape index (κ3) is 5.12. The number of morpholine rings is 1. The molecule has 37 heavy (non-hydrogen) atoms. The lowest BCUT2D eigenvalue weighted by Gasteiger charge is -2.31. The highest BCUT2D eigenvalue weighted by molar-refractivity contribution is 7.92. The molecule has 5 rings (SSSR count). The lowest BCUT2D eigenvalue weighted by atomic mass is 10.0. The van der Waals surface area contributed by atoms with Crippen molar-refractivity contribution in [2.24, 2.45) is 0 Å². The SMILES string of the molecule is O=C(Nc1ccc2c(c1)N(S(=O)(=O)c1ccccc1)CCC2)c1ccc(S(=O)(=O)N2CCOCC2)cc1. The molecule has 0 aliphatic carbocycles. The Balaban J connectivity index is 1.35. The topological polar surface area (TPSA) is 113 Å². The highest BCUT2D eigenvalue weighted by Crippen LogP contribution is 2.34. The molecule has 3 aromatic rings. The van der Waals surface area contributed by atoms with Crippen molar-refractivity contribution in [2.75, 3.05) is 42.5 Å². The van der Waals surface area contributed by atoms with Crippen molar-refractivity contribution in [2.45, 2.75) is 22.6 Å². The molecule has 0 bridgehead atoms. The number of ether oxygens (including phenoxy) is 1. The smallest absolute Gasteiger partial charge is 0.264 e. The highest BCUT2D eigenvalue weighted by atomic mass is 32.2. The van der Waals surface area contributed by atoms with Crippen LogP contribution >= 0.6 is 0 Å². The van der Waals surface area contributed by atoms with Gasteiger partial charge in [0, 0.05) is 30.9 Å². The van der Waals surface area contributed by atoms with Gasteiger partial charge in [0.05, 0.1) is 28.7 Å². The fourth-order valence-corrected chi connectivity index (χ4v) is 7.47. The van der Waals surface area contributed by atoms with E-state index in [0.29, 0.717) is 50.6 Å². The molecular formula is C26H27N3O6S2. The molecule has 2 aliphatic heterocycles. The Morgan fingerprint density at radius 2 is 1.46 bits per heavy atom. The first-order chi connectivity index (χ1) is 17.8. The van der Waals surface area contributed by atoms with Gasteiger partial charge in [-0.15, -0.1) is 0 Å². The lowest BCUT2D eigenvalue weighted by Crippen LogP contribution is -2.40. The molecular weight excluding hydrogens is 514 g/mol. The van der Waals surface area contributed by atoms with E-state index in [0.717, 1.165) is 12.0 Å². The Kier molecular flexibility index (Phi) is 7.04. The maximum atomic E-state index is 13.3. The summed E-state index contributed by atoms with van der Waals surface area (Å²) >= 11 is 0. The lowest BCUT2D eigenvalue weighted by molar-refractivity contribution is 0.0730. The molecule has 1 saturated heterocycles. The zero-order valence-electron chi connectivity index (χ0n) is 20.0. The number of hydrogen-bond acceptors (Lipinski definition) is 6. The van der Waals surface area contributed by atoms with Crippen LogP contribution in [0.5, 0.6) is 0 Å². The molecule has 1 amide bonds. The van der Waals surface area contributed by atoms with Gasteiger partial charge >= 0.3 is 0 Å². The summed E-state index contributed by atoms with van der Waals surface area (Å²) in [6, 6.07) is 19.3. The molecule has 2 heterocycles. The highest BCUT2D eigenvalue weighted by Gasteiger charge is 2.30. The zero-order valence-corrected chi connectivity index (χ0v) is 21.7. The van der Waals surface area contributed by atoms with Gasteiger partial charge in [0.15, 0.2) is 0 Å². The number of hydrogen-bond donors (Lipinski definition) is 1. The second kappa shape index (κ2) is 10.3. The van der Waals surface area contributed by atoms with E-state index in [-0.39, 0.29) is 15.4 Å². The average molecular weight is 542 g/mol. The minimum atomic E-state index is -3.75. The van der Waals surface area contributed by atoms with Crippen LogP contribution in [-0.4, -0.2) is 59.9 Å². The largest absolute Gasteiger partial charge is 0.379 e. The van der Waals surface area contributed by atoms with Gasteiger partial charge in [-0.05, 0) is 66.9 Å². The fourth-order valence-electron chi connectivity index (χ4n) is 4.51. The van der Waals surface area contributed by atoms with Crippen LogP contribution in [0.4, 0.5) is 11.4 Å². The van der Waals surface area contributed by atoms with E-state index in [2.05, 4.69) is 5.32 Å². The summed E-state index contributed by atoms with van der Waals surface area (Å²) in [6.45, 7) is 1.63. The van der Waals surface area contributed by atoms with Crippen molar-refractivity contribution < 1.29 is 26.4 Å². The van der Waals surface area contributed by atoms with Crippen LogP contribution in [0.3, 0.4) is 0 Å². The predicted molar refractivity (Wildman–Crippen MR) is 140 cm³/mol. The molecule has 9 nitrogen and oxygen atoms in total.